The highest BCUT2D eigenvalue weighted by atomic mass is 16.1. The number of imidazole rings is 1. The lowest BCUT2D eigenvalue weighted by atomic mass is 10.3. The summed E-state index contributed by atoms with van der Waals surface area (Å²) in [4.78, 5) is 18.7. The van der Waals surface area contributed by atoms with Crippen molar-refractivity contribution in [3.8, 4) is 0 Å². The Morgan fingerprint density at radius 1 is 1.62 bits per heavy atom. The van der Waals surface area contributed by atoms with Crippen LogP contribution in [0.3, 0.4) is 0 Å². The average Bonchev–Trinajstić information content (AvgIpc) is 2.57. The van der Waals surface area contributed by atoms with Gasteiger partial charge in [-0.15, -0.1) is 6.58 Å². The van der Waals surface area contributed by atoms with Crippen LogP contribution in [-0.4, -0.2) is 15.9 Å². The lowest BCUT2D eigenvalue weighted by molar-refractivity contribution is -0.117. The van der Waals surface area contributed by atoms with Crippen molar-refractivity contribution in [3.05, 3.63) is 42.0 Å². The van der Waals surface area contributed by atoms with Crippen LogP contribution < -0.4 is 5.32 Å². The molecule has 4 nitrogen and oxygen atoms in total. The lowest BCUT2D eigenvalue weighted by Gasteiger charge is -2.01. The first-order chi connectivity index (χ1) is 7.54. The molecule has 0 aromatic carbocycles. The van der Waals surface area contributed by atoms with Gasteiger partial charge in [-0.2, -0.15) is 0 Å². The standard InChI is InChI=1S/C12H17N3O/c1-5-6-10-9(4)14-11(15-10)7-13-12(16)8(2)3/h5H,1-2,6-7H2,3-4H3,(H,13,16)(H,14,15). The predicted octanol–water partition coefficient (Wildman–Crippen LogP) is 1.64. The topological polar surface area (TPSA) is 57.8 Å². The van der Waals surface area contributed by atoms with Crippen molar-refractivity contribution >= 4 is 5.91 Å². The summed E-state index contributed by atoms with van der Waals surface area (Å²) in [6.45, 7) is 11.3. The van der Waals surface area contributed by atoms with Gasteiger partial charge in [0.05, 0.1) is 12.2 Å². The van der Waals surface area contributed by atoms with E-state index >= 15 is 0 Å². The Labute approximate surface area is 95.5 Å². The maximum Gasteiger partial charge on any atom is 0.246 e. The zero-order valence-corrected chi connectivity index (χ0v) is 9.76. The molecule has 0 spiro atoms. The van der Waals surface area contributed by atoms with Gasteiger partial charge in [0.15, 0.2) is 0 Å². The van der Waals surface area contributed by atoms with E-state index in [0.717, 1.165) is 23.6 Å². The van der Waals surface area contributed by atoms with Crippen LogP contribution >= 0.6 is 0 Å². The van der Waals surface area contributed by atoms with Crippen LogP contribution in [-0.2, 0) is 17.8 Å². The van der Waals surface area contributed by atoms with E-state index in [2.05, 4.69) is 28.4 Å². The third-order valence-corrected chi connectivity index (χ3v) is 2.18. The van der Waals surface area contributed by atoms with E-state index in [9.17, 15) is 4.79 Å². The maximum atomic E-state index is 11.3. The number of aromatic nitrogens is 2. The van der Waals surface area contributed by atoms with Crippen molar-refractivity contribution in [1.29, 1.82) is 0 Å². The second-order valence-corrected chi connectivity index (χ2v) is 3.71. The first-order valence-corrected chi connectivity index (χ1v) is 5.13. The fourth-order valence-corrected chi connectivity index (χ4v) is 1.30. The highest BCUT2D eigenvalue weighted by Crippen LogP contribution is 2.06. The minimum atomic E-state index is -0.153. The van der Waals surface area contributed by atoms with Crippen LogP contribution in [0.5, 0.6) is 0 Å². The minimum Gasteiger partial charge on any atom is -0.345 e. The smallest absolute Gasteiger partial charge is 0.246 e. The maximum absolute atomic E-state index is 11.3. The third kappa shape index (κ3) is 3.08. The van der Waals surface area contributed by atoms with Crippen molar-refractivity contribution in [2.24, 2.45) is 0 Å². The molecule has 86 valence electrons. The summed E-state index contributed by atoms with van der Waals surface area (Å²) in [5.74, 6) is 0.600. The van der Waals surface area contributed by atoms with Gasteiger partial charge in [0, 0.05) is 17.7 Å². The summed E-state index contributed by atoms with van der Waals surface area (Å²) in [6.07, 6.45) is 2.54. The first-order valence-electron chi connectivity index (χ1n) is 5.13. The number of hydrogen-bond acceptors (Lipinski definition) is 2. The molecule has 0 aliphatic carbocycles. The molecule has 1 aromatic heterocycles. The molecule has 0 fully saturated rings. The van der Waals surface area contributed by atoms with Crippen molar-refractivity contribution < 1.29 is 4.79 Å². The Kier molecular flexibility index (Phi) is 4.05. The Hall–Kier alpha value is -1.84. The van der Waals surface area contributed by atoms with E-state index in [1.807, 2.05) is 6.92 Å². The molecule has 16 heavy (non-hydrogen) atoms. The number of nitrogens with one attached hydrogen (secondary N) is 2. The fourth-order valence-electron chi connectivity index (χ4n) is 1.30. The van der Waals surface area contributed by atoms with Gasteiger partial charge in [0.2, 0.25) is 5.91 Å². The number of rotatable bonds is 5. The number of carbonyl (C=O) groups is 1. The molecule has 0 aliphatic heterocycles. The van der Waals surface area contributed by atoms with Crippen LogP contribution in [0, 0.1) is 6.92 Å². The molecule has 0 bridgehead atoms. The second-order valence-electron chi connectivity index (χ2n) is 3.71. The monoisotopic (exact) mass is 219 g/mol. The van der Waals surface area contributed by atoms with Gasteiger partial charge in [-0.3, -0.25) is 4.79 Å². The molecular formula is C12H17N3O. The fraction of sp³-hybridized carbons (Fsp3) is 0.333. The van der Waals surface area contributed by atoms with Crippen molar-refractivity contribution in [3.63, 3.8) is 0 Å². The largest absolute Gasteiger partial charge is 0.345 e. The highest BCUT2D eigenvalue weighted by Gasteiger charge is 2.06. The summed E-state index contributed by atoms with van der Waals surface area (Å²) < 4.78 is 0. The molecular weight excluding hydrogens is 202 g/mol. The number of amides is 1. The summed E-state index contributed by atoms with van der Waals surface area (Å²) in [7, 11) is 0. The molecule has 1 rings (SSSR count). The van der Waals surface area contributed by atoms with E-state index in [1.165, 1.54) is 0 Å². The van der Waals surface area contributed by atoms with E-state index in [4.69, 9.17) is 0 Å². The normalized spacial score (nSPS) is 9.88. The second kappa shape index (κ2) is 5.30. The molecule has 0 aliphatic rings. The van der Waals surface area contributed by atoms with Crippen LogP contribution in [0.1, 0.15) is 24.1 Å². The first kappa shape index (κ1) is 12.2. The average molecular weight is 219 g/mol. The Balaban J connectivity index is 2.61. The molecule has 2 N–H and O–H groups in total. The lowest BCUT2D eigenvalue weighted by Crippen LogP contribution is -2.23. The molecule has 1 aromatic rings. The number of aromatic amines is 1. The Morgan fingerprint density at radius 2 is 2.31 bits per heavy atom. The molecule has 0 atom stereocenters. The molecule has 1 amide bonds. The van der Waals surface area contributed by atoms with Gasteiger partial charge < -0.3 is 10.3 Å². The summed E-state index contributed by atoms with van der Waals surface area (Å²) in [5, 5.41) is 2.72. The number of hydrogen-bond donors (Lipinski definition) is 2. The zero-order chi connectivity index (χ0) is 12.1. The number of H-pyrrole nitrogens is 1. The molecule has 4 heteroatoms. The minimum absolute atomic E-state index is 0.153. The Morgan fingerprint density at radius 3 is 2.88 bits per heavy atom. The summed E-state index contributed by atoms with van der Waals surface area (Å²) >= 11 is 0. The SMILES string of the molecule is C=CCc1nc(CNC(=O)C(=C)C)[nH]c1C. The van der Waals surface area contributed by atoms with Crippen molar-refractivity contribution in [2.75, 3.05) is 0 Å². The van der Waals surface area contributed by atoms with Gasteiger partial charge in [0.25, 0.3) is 0 Å². The van der Waals surface area contributed by atoms with E-state index in [-0.39, 0.29) is 5.91 Å². The summed E-state index contributed by atoms with van der Waals surface area (Å²) in [6, 6.07) is 0. The molecule has 0 saturated carbocycles. The molecule has 0 unspecified atom stereocenters. The number of allylic oxidation sites excluding steroid dienone is 1. The van der Waals surface area contributed by atoms with Gasteiger partial charge in [0.1, 0.15) is 5.82 Å². The van der Waals surface area contributed by atoms with Crippen LogP contribution in [0.15, 0.2) is 24.8 Å². The van der Waals surface area contributed by atoms with Crippen molar-refractivity contribution in [2.45, 2.75) is 26.8 Å². The third-order valence-electron chi connectivity index (χ3n) is 2.18. The van der Waals surface area contributed by atoms with Gasteiger partial charge >= 0.3 is 0 Å². The van der Waals surface area contributed by atoms with E-state index < -0.39 is 0 Å². The number of aryl methyl sites for hydroxylation is 1. The predicted molar refractivity (Wildman–Crippen MR) is 63.9 cm³/mol. The molecule has 0 radical (unpaired) electrons. The van der Waals surface area contributed by atoms with Crippen molar-refractivity contribution in [1.82, 2.24) is 15.3 Å². The van der Waals surface area contributed by atoms with E-state index in [0.29, 0.717) is 12.1 Å². The van der Waals surface area contributed by atoms with Crippen LogP contribution in [0.2, 0.25) is 0 Å². The highest BCUT2D eigenvalue weighted by molar-refractivity contribution is 5.91. The van der Waals surface area contributed by atoms with Gasteiger partial charge in [-0.05, 0) is 13.8 Å². The van der Waals surface area contributed by atoms with Crippen LogP contribution in [0.25, 0.3) is 0 Å². The number of carbonyl (C=O) groups excluding carboxylic acids is 1. The molecule has 0 saturated heterocycles. The molecule has 1 heterocycles. The van der Waals surface area contributed by atoms with E-state index in [1.54, 1.807) is 13.0 Å². The van der Waals surface area contributed by atoms with Gasteiger partial charge in [-0.1, -0.05) is 12.7 Å². The number of nitrogens with zero attached hydrogens (tertiary/aromatic N) is 1. The quantitative estimate of drug-likeness (QED) is 0.584. The Bertz CT molecular complexity index is 418. The van der Waals surface area contributed by atoms with Gasteiger partial charge in [-0.25, -0.2) is 4.98 Å². The summed E-state index contributed by atoms with van der Waals surface area (Å²) in [5.41, 5.74) is 2.48. The zero-order valence-electron chi connectivity index (χ0n) is 9.76. The van der Waals surface area contributed by atoms with Crippen LogP contribution in [0.4, 0.5) is 0 Å².